The predicted octanol–water partition coefficient (Wildman–Crippen LogP) is 2.72. The van der Waals surface area contributed by atoms with Gasteiger partial charge >= 0.3 is 6.18 Å². The predicted molar refractivity (Wildman–Crippen MR) is 133 cm³/mol. The van der Waals surface area contributed by atoms with Crippen molar-refractivity contribution in [3.8, 4) is 0 Å². The fourth-order valence-corrected chi connectivity index (χ4v) is 4.36. The Morgan fingerprint density at radius 3 is 2.49 bits per heavy atom. The zero-order chi connectivity index (χ0) is 27.0. The van der Waals surface area contributed by atoms with Crippen LogP contribution in [0.3, 0.4) is 0 Å². The number of aliphatic hydroxyl groups excluding tert-OH is 1. The lowest BCUT2D eigenvalue weighted by atomic mass is 10.1. The Morgan fingerprint density at radius 1 is 1.19 bits per heavy atom. The van der Waals surface area contributed by atoms with Crippen LogP contribution in [0.2, 0.25) is 5.02 Å². The lowest BCUT2D eigenvalue weighted by Crippen LogP contribution is -2.49. The van der Waals surface area contributed by atoms with Crippen LogP contribution in [0.4, 0.5) is 24.8 Å². The summed E-state index contributed by atoms with van der Waals surface area (Å²) in [5.41, 5.74) is -2.99. The molecule has 14 heteroatoms. The van der Waals surface area contributed by atoms with E-state index in [0.717, 1.165) is 6.20 Å². The molecule has 1 aliphatic heterocycles. The SMILES string of the molecule is CCCN(CC(O)CCCCC(=O)N1CCN(c2ncc(Cl)cn2)CC1)c1cn[nH]c(=O)c1C(F)(F)F. The van der Waals surface area contributed by atoms with Crippen LogP contribution >= 0.6 is 11.6 Å². The van der Waals surface area contributed by atoms with Crippen LogP contribution in [0.1, 0.15) is 44.6 Å². The van der Waals surface area contributed by atoms with E-state index in [-0.39, 0.29) is 24.7 Å². The highest BCUT2D eigenvalue weighted by Gasteiger charge is 2.38. The molecule has 0 saturated carbocycles. The van der Waals surface area contributed by atoms with Crippen molar-refractivity contribution in [2.24, 2.45) is 0 Å². The average Bonchev–Trinajstić information content (AvgIpc) is 2.86. The highest BCUT2D eigenvalue weighted by Crippen LogP contribution is 2.33. The number of H-pyrrole nitrogens is 1. The van der Waals surface area contributed by atoms with Gasteiger partial charge in [0.25, 0.3) is 5.56 Å². The van der Waals surface area contributed by atoms with E-state index in [0.29, 0.717) is 69.3 Å². The Labute approximate surface area is 217 Å². The number of carbonyl (C=O) groups excluding carboxylic acids is 1. The summed E-state index contributed by atoms with van der Waals surface area (Å²) in [6.45, 7) is 4.24. The Kier molecular flexibility index (Phi) is 10.1. The maximum atomic E-state index is 13.5. The highest BCUT2D eigenvalue weighted by atomic mass is 35.5. The van der Waals surface area contributed by atoms with Crippen LogP contribution < -0.4 is 15.4 Å². The first kappa shape index (κ1) is 28.6. The molecule has 1 amide bonds. The Morgan fingerprint density at radius 2 is 1.86 bits per heavy atom. The second-order valence-electron chi connectivity index (χ2n) is 8.87. The molecule has 1 fully saturated rings. The second kappa shape index (κ2) is 13.0. The van der Waals surface area contributed by atoms with Gasteiger partial charge in [-0.15, -0.1) is 0 Å². The molecule has 1 unspecified atom stereocenters. The topological polar surface area (TPSA) is 119 Å². The zero-order valence-corrected chi connectivity index (χ0v) is 21.3. The monoisotopic (exact) mass is 545 g/mol. The number of piperazine rings is 1. The van der Waals surface area contributed by atoms with Crippen molar-refractivity contribution in [3.05, 3.63) is 39.5 Å². The summed E-state index contributed by atoms with van der Waals surface area (Å²) in [6, 6.07) is 0. The zero-order valence-electron chi connectivity index (χ0n) is 20.5. The summed E-state index contributed by atoms with van der Waals surface area (Å²) in [4.78, 5) is 37.9. The third-order valence-electron chi connectivity index (χ3n) is 6.08. The van der Waals surface area contributed by atoms with E-state index < -0.39 is 23.4 Å². The molecule has 0 aromatic carbocycles. The number of carbonyl (C=O) groups is 1. The fraction of sp³-hybridized carbons (Fsp3) is 0.609. The van der Waals surface area contributed by atoms with E-state index in [1.54, 1.807) is 11.8 Å². The molecule has 0 radical (unpaired) electrons. The number of aromatic amines is 1. The normalized spacial score (nSPS) is 15.1. The van der Waals surface area contributed by atoms with Gasteiger partial charge in [-0.3, -0.25) is 9.59 Å². The third-order valence-corrected chi connectivity index (χ3v) is 6.28. The maximum Gasteiger partial charge on any atom is 0.423 e. The van der Waals surface area contributed by atoms with E-state index in [1.165, 1.54) is 17.3 Å². The molecular formula is C23H31ClF3N7O3. The first-order valence-corrected chi connectivity index (χ1v) is 12.6. The number of anilines is 2. The van der Waals surface area contributed by atoms with Gasteiger partial charge in [0, 0.05) is 45.7 Å². The van der Waals surface area contributed by atoms with Crippen molar-refractivity contribution in [2.45, 2.75) is 51.3 Å². The average molecular weight is 546 g/mol. The molecule has 2 N–H and O–H groups in total. The van der Waals surface area contributed by atoms with Crippen molar-refractivity contribution in [1.82, 2.24) is 25.1 Å². The number of hydrogen-bond donors (Lipinski definition) is 2. The molecular weight excluding hydrogens is 515 g/mol. The number of alkyl halides is 3. The van der Waals surface area contributed by atoms with Gasteiger partial charge < -0.3 is 19.8 Å². The molecule has 3 heterocycles. The molecule has 2 aromatic heterocycles. The van der Waals surface area contributed by atoms with Crippen molar-refractivity contribution < 1.29 is 23.1 Å². The molecule has 1 atom stereocenters. The largest absolute Gasteiger partial charge is 0.423 e. The summed E-state index contributed by atoms with van der Waals surface area (Å²) in [7, 11) is 0. The number of rotatable bonds is 11. The smallest absolute Gasteiger partial charge is 0.391 e. The van der Waals surface area contributed by atoms with Crippen molar-refractivity contribution in [1.29, 1.82) is 0 Å². The number of aromatic nitrogens is 4. The highest BCUT2D eigenvalue weighted by molar-refractivity contribution is 6.30. The Balaban J connectivity index is 1.44. The molecule has 0 aliphatic carbocycles. The van der Waals surface area contributed by atoms with E-state index in [2.05, 4.69) is 15.1 Å². The number of nitrogens with zero attached hydrogens (tertiary/aromatic N) is 6. The lowest BCUT2D eigenvalue weighted by Gasteiger charge is -2.34. The van der Waals surface area contributed by atoms with E-state index in [1.807, 2.05) is 10.00 Å². The minimum absolute atomic E-state index is 0.0168. The third kappa shape index (κ3) is 8.03. The van der Waals surface area contributed by atoms with E-state index >= 15 is 0 Å². The molecule has 0 spiro atoms. The van der Waals surface area contributed by atoms with Crippen LogP contribution in [0, 0.1) is 0 Å². The van der Waals surface area contributed by atoms with Crippen molar-refractivity contribution in [2.75, 3.05) is 49.1 Å². The van der Waals surface area contributed by atoms with E-state index in [9.17, 15) is 27.9 Å². The van der Waals surface area contributed by atoms with Crippen LogP contribution in [-0.2, 0) is 11.0 Å². The van der Waals surface area contributed by atoms with Gasteiger partial charge in [0.15, 0.2) is 0 Å². The molecule has 2 aromatic rings. The Bertz CT molecular complexity index is 1080. The van der Waals surface area contributed by atoms with Gasteiger partial charge in [-0.2, -0.15) is 18.3 Å². The van der Waals surface area contributed by atoms with Gasteiger partial charge in [0.05, 0.1) is 35.4 Å². The molecule has 10 nitrogen and oxygen atoms in total. The summed E-state index contributed by atoms with van der Waals surface area (Å²) in [5.74, 6) is 0.587. The van der Waals surface area contributed by atoms with Crippen LogP contribution in [-0.4, -0.2) is 81.5 Å². The number of halogens is 4. The second-order valence-corrected chi connectivity index (χ2v) is 9.31. The minimum atomic E-state index is -4.85. The maximum absolute atomic E-state index is 13.5. The number of aliphatic hydroxyl groups is 1. The van der Waals surface area contributed by atoms with Gasteiger partial charge in [0.1, 0.15) is 5.56 Å². The van der Waals surface area contributed by atoms with Gasteiger partial charge in [-0.05, 0) is 19.3 Å². The van der Waals surface area contributed by atoms with Crippen molar-refractivity contribution >= 4 is 29.1 Å². The fourth-order valence-electron chi connectivity index (χ4n) is 4.27. The molecule has 3 rings (SSSR count). The number of hydrogen-bond acceptors (Lipinski definition) is 8. The summed E-state index contributed by atoms with van der Waals surface area (Å²) < 4.78 is 40.4. The standard InChI is InChI=1S/C23H31ClF3N7O3/c1-2-7-34(18-14-30-31-21(37)20(18)23(25,26)27)15-17(35)5-3-4-6-19(36)32-8-10-33(11-9-32)22-28-12-16(24)13-29-22/h12-14,17,35H,2-11,15H2,1H3,(H,31,37). The van der Waals surface area contributed by atoms with Crippen LogP contribution in [0.15, 0.2) is 23.4 Å². The van der Waals surface area contributed by atoms with E-state index in [4.69, 9.17) is 11.6 Å². The van der Waals surface area contributed by atoms with Crippen molar-refractivity contribution in [3.63, 3.8) is 0 Å². The molecule has 37 heavy (non-hydrogen) atoms. The van der Waals surface area contributed by atoms with Gasteiger partial charge in [0.2, 0.25) is 11.9 Å². The number of nitrogens with one attached hydrogen (secondary N) is 1. The molecule has 1 saturated heterocycles. The number of amides is 1. The first-order chi connectivity index (χ1) is 17.6. The van der Waals surface area contributed by atoms with Gasteiger partial charge in [-0.1, -0.05) is 24.9 Å². The summed E-state index contributed by atoms with van der Waals surface area (Å²) in [6.07, 6.45) is 0.474. The lowest BCUT2D eigenvalue weighted by molar-refractivity contribution is -0.138. The molecule has 204 valence electrons. The van der Waals surface area contributed by atoms with Gasteiger partial charge in [-0.25, -0.2) is 15.1 Å². The van der Waals surface area contributed by atoms with Crippen LogP contribution in [0.25, 0.3) is 0 Å². The number of unbranched alkanes of at least 4 members (excludes halogenated alkanes) is 1. The summed E-state index contributed by atoms with van der Waals surface area (Å²) >= 11 is 5.82. The summed E-state index contributed by atoms with van der Waals surface area (Å²) in [5, 5.41) is 16.3. The first-order valence-electron chi connectivity index (χ1n) is 12.2. The molecule has 1 aliphatic rings. The van der Waals surface area contributed by atoms with Crippen LogP contribution in [0.5, 0.6) is 0 Å². The minimum Gasteiger partial charge on any atom is -0.391 e. The quantitative estimate of drug-likeness (QED) is 0.414. The molecule has 0 bridgehead atoms. The Hall–Kier alpha value is -2.93.